The summed E-state index contributed by atoms with van der Waals surface area (Å²) in [6.07, 6.45) is 7.06. The van der Waals surface area contributed by atoms with Gasteiger partial charge >= 0.3 is 0 Å². The monoisotopic (exact) mass is 317 g/mol. The highest BCUT2D eigenvalue weighted by molar-refractivity contribution is 7.92. The van der Waals surface area contributed by atoms with Crippen molar-refractivity contribution in [3.8, 4) is 0 Å². The fourth-order valence-corrected chi connectivity index (χ4v) is 4.72. The van der Waals surface area contributed by atoms with Crippen LogP contribution in [0.3, 0.4) is 0 Å². The molecule has 1 rings (SSSR count). The maximum atomic E-state index is 12.3. The lowest BCUT2D eigenvalue weighted by Crippen LogP contribution is -2.42. The van der Waals surface area contributed by atoms with E-state index in [1.54, 1.807) is 0 Å². The molecule has 0 radical (unpaired) electrons. The second-order valence-corrected chi connectivity index (χ2v) is 10.5. The minimum absolute atomic E-state index is 0.335. The SMILES string of the molecule is CCCC1CCC(NCC)C(CCS(=O)(=O)C(C)(C)C)C1. The molecule has 1 N–H and O–H groups in total. The van der Waals surface area contributed by atoms with Gasteiger partial charge in [0.05, 0.1) is 10.5 Å². The maximum absolute atomic E-state index is 12.3. The average molecular weight is 318 g/mol. The molecule has 0 amide bonds. The Balaban J connectivity index is 2.66. The molecule has 4 heteroatoms. The number of hydrogen-bond donors (Lipinski definition) is 1. The van der Waals surface area contributed by atoms with Gasteiger partial charge in [0.1, 0.15) is 0 Å². The highest BCUT2D eigenvalue weighted by Gasteiger charge is 2.33. The minimum atomic E-state index is -2.99. The number of sulfone groups is 1. The van der Waals surface area contributed by atoms with E-state index in [4.69, 9.17) is 0 Å². The first-order chi connectivity index (χ1) is 9.71. The Morgan fingerprint density at radius 2 is 1.76 bits per heavy atom. The zero-order valence-electron chi connectivity index (χ0n) is 14.6. The van der Waals surface area contributed by atoms with Crippen molar-refractivity contribution in [3.05, 3.63) is 0 Å². The first kappa shape index (κ1) is 19.0. The van der Waals surface area contributed by atoms with Crippen LogP contribution in [0.2, 0.25) is 0 Å². The third-order valence-corrected chi connectivity index (χ3v) is 7.58. The summed E-state index contributed by atoms with van der Waals surface area (Å²) in [6, 6.07) is 0.512. The predicted octanol–water partition coefficient (Wildman–Crippen LogP) is 3.78. The van der Waals surface area contributed by atoms with E-state index < -0.39 is 14.6 Å². The molecule has 0 spiro atoms. The normalized spacial score (nSPS) is 27.8. The fourth-order valence-electron chi connectivity index (χ4n) is 3.49. The molecule has 1 fully saturated rings. The van der Waals surface area contributed by atoms with E-state index in [-0.39, 0.29) is 0 Å². The van der Waals surface area contributed by atoms with Crippen LogP contribution in [-0.2, 0) is 9.84 Å². The van der Waals surface area contributed by atoms with Crippen molar-refractivity contribution in [3.63, 3.8) is 0 Å². The second kappa shape index (κ2) is 7.96. The van der Waals surface area contributed by atoms with Crippen molar-refractivity contribution in [2.24, 2.45) is 11.8 Å². The van der Waals surface area contributed by atoms with E-state index in [0.29, 0.717) is 17.7 Å². The minimum Gasteiger partial charge on any atom is -0.314 e. The van der Waals surface area contributed by atoms with Crippen LogP contribution >= 0.6 is 0 Å². The Hall–Kier alpha value is -0.0900. The van der Waals surface area contributed by atoms with Gasteiger partial charge in [-0.05, 0) is 64.8 Å². The smallest absolute Gasteiger partial charge is 0.155 e. The lowest BCUT2D eigenvalue weighted by Gasteiger charge is -2.37. The lowest BCUT2D eigenvalue weighted by atomic mass is 9.75. The van der Waals surface area contributed by atoms with Crippen molar-refractivity contribution in [2.45, 2.75) is 83.9 Å². The molecular weight excluding hydrogens is 282 g/mol. The molecule has 0 heterocycles. The quantitative estimate of drug-likeness (QED) is 0.777. The van der Waals surface area contributed by atoms with Gasteiger partial charge in [-0.15, -0.1) is 0 Å². The Morgan fingerprint density at radius 3 is 2.29 bits per heavy atom. The molecule has 3 atom stereocenters. The van der Waals surface area contributed by atoms with Crippen LogP contribution in [0, 0.1) is 11.8 Å². The average Bonchev–Trinajstić information content (AvgIpc) is 2.38. The van der Waals surface area contributed by atoms with Crippen LogP contribution in [-0.4, -0.2) is 31.5 Å². The standard InChI is InChI=1S/C17H35NO2S/c1-6-8-14-9-10-16(18-7-2)15(13-14)11-12-21(19,20)17(3,4)5/h14-16,18H,6-13H2,1-5H3. The molecule has 21 heavy (non-hydrogen) atoms. The van der Waals surface area contributed by atoms with E-state index in [0.717, 1.165) is 18.9 Å². The Bertz CT molecular complexity index is 398. The van der Waals surface area contributed by atoms with Crippen molar-refractivity contribution in [1.82, 2.24) is 5.32 Å². The molecule has 1 saturated carbocycles. The van der Waals surface area contributed by atoms with Crippen molar-refractivity contribution < 1.29 is 8.42 Å². The first-order valence-electron chi connectivity index (χ1n) is 8.67. The third-order valence-electron chi connectivity index (χ3n) is 4.94. The zero-order chi connectivity index (χ0) is 16.1. The number of nitrogens with one attached hydrogen (secondary N) is 1. The fraction of sp³-hybridized carbons (Fsp3) is 1.00. The molecular formula is C17H35NO2S. The van der Waals surface area contributed by atoms with Crippen LogP contribution in [0.25, 0.3) is 0 Å². The first-order valence-corrected chi connectivity index (χ1v) is 10.3. The van der Waals surface area contributed by atoms with E-state index >= 15 is 0 Å². The molecule has 1 aliphatic rings. The number of hydrogen-bond acceptors (Lipinski definition) is 3. The Labute approximate surface area is 132 Å². The summed E-state index contributed by atoms with van der Waals surface area (Å²) in [5.74, 6) is 1.65. The predicted molar refractivity (Wildman–Crippen MR) is 91.4 cm³/mol. The van der Waals surface area contributed by atoms with Gasteiger partial charge in [-0.25, -0.2) is 8.42 Å². The maximum Gasteiger partial charge on any atom is 0.155 e. The van der Waals surface area contributed by atoms with E-state index in [1.165, 1.54) is 32.1 Å². The van der Waals surface area contributed by atoms with Crippen LogP contribution in [0.1, 0.15) is 73.1 Å². The molecule has 0 aromatic rings. The van der Waals surface area contributed by atoms with Crippen molar-refractivity contribution in [1.29, 1.82) is 0 Å². The molecule has 3 unspecified atom stereocenters. The molecule has 126 valence electrons. The van der Waals surface area contributed by atoms with Gasteiger partial charge in [-0.1, -0.05) is 26.7 Å². The summed E-state index contributed by atoms with van der Waals surface area (Å²) in [7, 11) is -2.99. The van der Waals surface area contributed by atoms with Crippen LogP contribution in [0.4, 0.5) is 0 Å². The highest BCUT2D eigenvalue weighted by atomic mass is 32.2. The number of rotatable bonds is 7. The van der Waals surface area contributed by atoms with Gasteiger partial charge in [0.2, 0.25) is 0 Å². The van der Waals surface area contributed by atoms with Gasteiger partial charge < -0.3 is 5.32 Å². The Morgan fingerprint density at radius 1 is 1.10 bits per heavy atom. The molecule has 3 nitrogen and oxygen atoms in total. The van der Waals surface area contributed by atoms with E-state index in [2.05, 4.69) is 19.2 Å². The summed E-state index contributed by atoms with van der Waals surface area (Å²) in [6.45, 7) is 10.8. The van der Waals surface area contributed by atoms with Gasteiger partial charge in [0, 0.05) is 6.04 Å². The lowest BCUT2D eigenvalue weighted by molar-refractivity contribution is 0.192. The van der Waals surface area contributed by atoms with Crippen molar-refractivity contribution >= 4 is 9.84 Å². The molecule has 0 bridgehead atoms. The molecule has 0 aromatic carbocycles. The molecule has 1 aliphatic carbocycles. The Kier molecular flexibility index (Phi) is 7.18. The van der Waals surface area contributed by atoms with Crippen LogP contribution in [0.15, 0.2) is 0 Å². The second-order valence-electron chi connectivity index (χ2n) is 7.61. The largest absolute Gasteiger partial charge is 0.314 e. The van der Waals surface area contributed by atoms with E-state index in [1.807, 2.05) is 20.8 Å². The molecule has 0 aliphatic heterocycles. The topological polar surface area (TPSA) is 46.2 Å². The summed E-state index contributed by atoms with van der Waals surface area (Å²) in [4.78, 5) is 0. The van der Waals surface area contributed by atoms with Crippen LogP contribution in [0.5, 0.6) is 0 Å². The van der Waals surface area contributed by atoms with Gasteiger partial charge in [-0.3, -0.25) is 0 Å². The summed E-state index contributed by atoms with van der Waals surface area (Å²) >= 11 is 0. The van der Waals surface area contributed by atoms with Crippen molar-refractivity contribution in [2.75, 3.05) is 12.3 Å². The van der Waals surface area contributed by atoms with Gasteiger partial charge in [0.25, 0.3) is 0 Å². The molecule has 0 aromatic heterocycles. The van der Waals surface area contributed by atoms with E-state index in [9.17, 15) is 8.42 Å². The zero-order valence-corrected chi connectivity index (χ0v) is 15.4. The summed E-state index contributed by atoms with van der Waals surface area (Å²) in [5.41, 5.74) is 0. The van der Waals surface area contributed by atoms with Crippen LogP contribution < -0.4 is 5.32 Å². The molecule has 0 saturated heterocycles. The summed E-state index contributed by atoms with van der Waals surface area (Å²) < 4.78 is 24.1. The van der Waals surface area contributed by atoms with Gasteiger partial charge in [-0.2, -0.15) is 0 Å². The van der Waals surface area contributed by atoms with Gasteiger partial charge in [0.15, 0.2) is 9.84 Å². The third kappa shape index (κ3) is 5.55. The highest BCUT2D eigenvalue weighted by Crippen LogP contribution is 2.35. The summed E-state index contributed by atoms with van der Waals surface area (Å²) in [5, 5.41) is 3.58.